The van der Waals surface area contributed by atoms with Crippen LogP contribution in [-0.2, 0) is 0 Å². The molecule has 0 spiro atoms. The van der Waals surface area contributed by atoms with E-state index in [0.717, 1.165) is 38.9 Å². The van der Waals surface area contributed by atoms with Gasteiger partial charge in [0, 0.05) is 10.9 Å². The Morgan fingerprint density at radius 2 is 1.71 bits per heavy atom. The molecule has 1 heterocycles. The van der Waals surface area contributed by atoms with Gasteiger partial charge < -0.3 is 9.72 Å². The van der Waals surface area contributed by atoms with Crippen molar-refractivity contribution < 1.29 is 4.74 Å². The van der Waals surface area contributed by atoms with Crippen molar-refractivity contribution in [3.05, 3.63) is 60.7 Å². The van der Waals surface area contributed by atoms with Gasteiger partial charge in [-0.15, -0.1) is 0 Å². The molecule has 3 aromatic carbocycles. The van der Waals surface area contributed by atoms with Crippen molar-refractivity contribution in [2.24, 2.45) is 0 Å². The Hall–Kier alpha value is -2.81. The number of hydrogen-bond donors (Lipinski definition) is 1. The maximum atomic E-state index is 5.52. The van der Waals surface area contributed by atoms with Crippen LogP contribution in [0.25, 0.3) is 33.2 Å². The van der Waals surface area contributed by atoms with E-state index in [9.17, 15) is 0 Å². The van der Waals surface area contributed by atoms with Crippen molar-refractivity contribution in [2.75, 3.05) is 7.11 Å². The minimum Gasteiger partial charge on any atom is -0.496 e. The molecule has 0 amide bonds. The topological polar surface area (TPSA) is 37.9 Å². The van der Waals surface area contributed by atoms with Crippen LogP contribution in [0.3, 0.4) is 0 Å². The Labute approximate surface area is 122 Å². The molecule has 0 aliphatic carbocycles. The molecule has 0 bridgehead atoms. The SMILES string of the molecule is COc1cccc2cccc(-c3nc4ccccc4[nH]3)c12. The molecule has 4 aromatic rings. The summed E-state index contributed by atoms with van der Waals surface area (Å²) < 4.78 is 5.52. The summed E-state index contributed by atoms with van der Waals surface area (Å²) in [5.74, 6) is 1.73. The summed E-state index contributed by atoms with van der Waals surface area (Å²) in [6.45, 7) is 0. The van der Waals surface area contributed by atoms with Gasteiger partial charge in [0.1, 0.15) is 11.6 Å². The predicted molar refractivity (Wildman–Crippen MR) is 85.6 cm³/mol. The van der Waals surface area contributed by atoms with E-state index in [1.807, 2.05) is 42.5 Å². The molecule has 0 radical (unpaired) electrons. The Kier molecular flexibility index (Phi) is 2.64. The van der Waals surface area contributed by atoms with Crippen molar-refractivity contribution in [1.82, 2.24) is 9.97 Å². The number of H-pyrrole nitrogens is 1. The fourth-order valence-electron chi connectivity index (χ4n) is 2.75. The molecule has 3 heteroatoms. The maximum absolute atomic E-state index is 5.52. The van der Waals surface area contributed by atoms with Crippen LogP contribution in [0.2, 0.25) is 0 Å². The zero-order chi connectivity index (χ0) is 14.2. The van der Waals surface area contributed by atoms with Gasteiger partial charge in [-0.25, -0.2) is 4.98 Å². The molecule has 0 fully saturated rings. The Bertz CT molecular complexity index is 902. The first-order chi connectivity index (χ1) is 10.4. The van der Waals surface area contributed by atoms with Crippen molar-refractivity contribution in [1.29, 1.82) is 0 Å². The fraction of sp³-hybridized carbons (Fsp3) is 0.0556. The largest absolute Gasteiger partial charge is 0.496 e. The van der Waals surface area contributed by atoms with Gasteiger partial charge in [-0.3, -0.25) is 0 Å². The fourth-order valence-corrected chi connectivity index (χ4v) is 2.75. The highest BCUT2D eigenvalue weighted by Gasteiger charge is 2.11. The normalized spacial score (nSPS) is 11.1. The van der Waals surface area contributed by atoms with Crippen LogP contribution in [0.15, 0.2) is 60.7 Å². The number of para-hydroxylation sites is 2. The molecule has 0 aliphatic rings. The molecule has 21 heavy (non-hydrogen) atoms. The van der Waals surface area contributed by atoms with E-state index in [1.165, 1.54) is 0 Å². The zero-order valence-electron chi connectivity index (χ0n) is 11.6. The second kappa shape index (κ2) is 4.63. The van der Waals surface area contributed by atoms with Crippen molar-refractivity contribution in [3.8, 4) is 17.1 Å². The molecular weight excluding hydrogens is 260 g/mol. The van der Waals surface area contributed by atoms with E-state index in [0.29, 0.717) is 0 Å². The number of hydrogen-bond acceptors (Lipinski definition) is 2. The van der Waals surface area contributed by atoms with Crippen LogP contribution in [0.5, 0.6) is 5.75 Å². The van der Waals surface area contributed by atoms with Crippen molar-refractivity contribution >= 4 is 21.8 Å². The molecule has 0 aliphatic heterocycles. The molecule has 4 rings (SSSR count). The third-order valence-corrected chi connectivity index (χ3v) is 3.73. The van der Waals surface area contributed by atoms with Gasteiger partial charge in [-0.2, -0.15) is 0 Å². The van der Waals surface area contributed by atoms with Crippen LogP contribution >= 0.6 is 0 Å². The zero-order valence-corrected chi connectivity index (χ0v) is 11.6. The number of rotatable bonds is 2. The number of aromatic amines is 1. The third-order valence-electron chi connectivity index (χ3n) is 3.73. The van der Waals surface area contributed by atoms with E-state index in [2.05, 4.69) is 23.2 Å². The summed E-state index contributed by atoms with van der Waals surface area (Å²) in [4.78, 5) is 8.09. The minimum atomic E-state index is 0.864. The van der Waals surface area contributed by atoms with E-state index in [1.54, 1.807) is 7.11 Å². The van der Waals surface area contributed by atoms with Crippen LogP contribution in [-0.4, -0.2) is 17.1 Å². The van der Waals surface area contributed by atoms with Crippen LogP contribution < -0.4 is 4.74 Å². The number of ether oxygens (including phenoxy) is 1. The van der Waals surface area contributed by atoms with E-state index in [-0.39, 0.29) is 0 Å². The quantitative estimate of drug-likeness (QED) is 0.588. The first kappa shape index (κ1) is 12.0. The number of imidazole rings is 1. The van der Waals surface area contributed by atoms with Crippen molar-refractivity contribution in [2.45, 2.75) is 0 Å². The minimum absolute atomic E-state index is 0.864. The first-order valence-electron chi connectivity index (χ1n) is 6.87. The highest BCUT2D eigenvalue weighted by atomic mass is 16.5. The van der Waals surface area contributed by atoms with Gasteiger partial charge in [-0.1, -0.05) is 42.5 Å². The van der Waals surface area contributed by atoms with Crippen molar-refractivity contribution in [3.63, 3.8) is 0 Å². The third kappa shape index (κ3) is 1.86. The average Bonchev–Trinajstić information content (AvgIpc) is 2.97. The van der Waals surface area contributed by atoms with Gasteiger partial charge >= 0.3 is 0 Å². The molecule has 0 saturated heterocycles. The highest BCUT2D eigenvalue weighted by Crippen LogP contribution is 2.34. The lowest BCUT2D eigenvalue weighted by molar-refractivity contribution is 0.420. The Morgan fingerprint density at radius 3 is 2.52 bits per heavy atom. The summed E-state index contributed by atoms with van der Waals surface area (Å²) in [5, 5.41) is 2.23. The molecule has 1 N–H and O–H groups in total. The van der Waals surface area contributed by atoms with Gasteiger partial charge in [0.05, 0.1) is 18.1 Å². The highest BCUT2D eigenvalue weighted by molar-refractivity contribution is 6.00. The average molecular weight is 274 g/mol. The smallest absolute Gasteiger partial charge is 0.139 e. The molecule has 1 aromatic heterocycles. The molecule has 0 saturated carbocycles. The molecule has 0 atom stereocenters. The van der Waals surface area contributed by atoms with Gasteiger partial charge in [-0.05, 0) is 23.6 Å². The number of nitrogens with one attached hydrogen (secondary N) is 1. The van der Waals surface area contributed by atoms with E-state index < -0.39 is 0 Å². The first-order valence-corrected chi connectivity index (χ1v) is 6.87. The summed E-state index contributed by atoms with van der Waals surface area (Å²) in [6, 6.07) is 20.3. The second-order valence-electron chi connectivity index (χ2n) is 4.97. The van der Waals surface area contributed by atoms with Crippen LogP contribution in [0.4, 0.5) is 0 Å². The van der Waals surface area contributed by atoms with Gasteiger partial charge in [0.25, 0.3) is 0 Å². The summed E-state index contributed by atoms with van der Waals surface area (Å²) in [7, 11) is 1.70. The lowest BCUT2D eigenvalue weighted by Crippen LogP contribution is -1.89. The standard InChI is InChI=1S/C18H14N2O/c1-21-16-11-5-7-12-6-4-8-13(17(12)16)18-19-14-9-2-3-10-15(14)20-18/h2-11H,1H3,(H,19,20). The summed E-state index contributed by atoms with van der Waals surface area (Å²) in [5.41, 5.74) is 3.07. The second-order valence-corrected chi connectivity index (χ2v) is 4.97. The van der Waals surface area contributed by atoms with Crippen LogP contribution in [0.1, 0.15) is 0 Å². The van der Waals surface area contributed by atoms with E-state index >= 15 is 0 Å². The van der Waals surface area contributed by atoms with Gasteiger partial charge in [0.2, 0.25) is 0 Å². The maximum Gasteiger partial charge on any atom is 0.139 e. The number of nitrogens with zero attached hydrogens (tertiary/aromatic N) is 1. The molecule has 0 unspecified atom stereocenters. The predicted octanol–water partition coefficient (Wildman–Crippen LogP) is 4.39. The summed E-state index contributed by atoms with van der Waals surface area (Å²) >= 11 is 0. The molecular formula is C18H14N2O. The lowest BCUT2D eigenvalue weighted by Gasteiger charge is -2.09. The molecule has 102 valence electrons. The number of aromatic nitrogens is 2. The van der Waals surface area contributed by atoms with Gasteiger partial charge in [0.15, 0.2) is 0 Å². The lowest BCUT2D eigenvalue weighted by atomic mass is 10.0. The summed E-state index contributed by atoms with van der Waals surface area (Å²) in [6.07, 6.45) is 0. The number of methoxy groups -OCH3 is 1. The monoisotopic (exact) mass is 274 g/mol. The Morgan fingerprint density at radius 1 is 0.905 bits per heavy atom. The number of benzene rings is 3. The number of fused-ring (bicyclic) bond motifs is 2. The molecule has 3 nitrogen and oxygen atoms in total. The van der Waals surface area contributed by atoms with E-state index in [4.69, 9.17) is 9.72 Å². The van der Waals surface area contributed by atoms with Crippen LogP contribution in [0, 0.1) is 0 Å². The Balaban J connectivity index is 2.05.